The minimum atomic E-state index is -0.791. The Kier molecular flexibility index (Phi) is 2.06. The van der Waals surface area contributed by atoms with E-state index in [9.17, 15) is 9.90 Å². The molecule has 3 aliphatic carbocycles. The van der Waals surface area contributed by atoms with Crippen LogP contribution in [-0.2, 0) is 4.79 Å². The van der Waals surface area contributed by atoms with Gasteiger partial charge >= 0.3 is 5.97 Å². The highest BCUT2D eigenvalue weighted by atomic mass is 16.4. The summed E-state index contributed by atoms with van der Waals surface area (Å²) < 4.78 is 0. The van der Waals surface area contributed by atoms with Crippen LogP contribution in [-0.4, -0.2) is 22.8 Å². The summed E-state index contributed by atoms with van der Waals surface area (Å²) in [5, 5.41) is 18.4. The van der Waals surface area contributed by atoms with Crippen molar-refractivity contribution in [3.63, 3.8) is 0 Å². The van der Waals surface area contributed by atoms with Crippen LogP contribution in [0.15, 0.2) is 0 Å². The molecule has 1 unspecified atom stereocenters. The molecule has 1 atom stereocenters. The van der Waals surface area contributed by atoms with E-state index in [2.05, 4.69) is 0 Å². The Morgan fingerprint density at radius 2 is 1.92 bits per heavy atom. The quantitative estimate of drug-likeness (QED) is 0.679. The van der Waals surface area contributed by atoms with Gasteiger partial charge in [-0.05, 0) is 31.1 Å². The maximum atomic E-state index is 11.1. The zero-order valence-electron chi connectivity index (χ0n) is 7.70. The molecule has 0 aromatic rings. The van der Waals surface area contributed by atoms with Gasteiger partial charge in [0.05, 0.1) is 12.0 Å². The summed E-state index contributed by atoms with van der Waals surface area (Å²) in [6, 6.07) is 0. The Labute approximate surface area is 77.8 Å². The molecular weight excluding hydrogens is 168 g/mol. The number of carboxylic acid groups (broad SMARTS) is 1. The van der Waals surface area contributed by atoms with Crippen molar-refractivity contribution in [3.8, 4) is 0 Å². The van der Waals surface area contributed by atoms with Gasteiger partial charge in [-0.25, -0.2) is 0 Å². The maximum Gasteiger partial charge on any atom is 0.312 e. The SMILES string of the molecule is O=C(O)C1(CO)CC2CCC1CC2. The summed E-state index contributed by atoms with van der Waals surface area (Å²) >= 11 is 0. The standard InChI is InChI=1S/C10H16O3/c11-6-10(9(12)13)5-7-1-3-8(10)4-2-7/h7-8,11H,1-6H2,(H,12,13). The first-order valence-corrected chi connectivity index (χ1v) is 5.03. The van der Waals surface area contributed by atoms with Crippen molar-refractivity contribution in [3.05, 3.63) is 0 Å². The van der Waals surface area contributed by atoms with Crippen molar-refractivity contribution in [1.82, 2.24) is 0 Å². The second kappa shape index (κ2) is 2.98. The van der Waals surface area contributed by atoms with E-state index in [4.69, 9.17) is 5.11 Å². The highest BCUT2D eigenvalue weighted by Crippen LogP contribution is 2.52. The second-order valence-corrected chi connectivity index (χ2v) is 4.54. The van der Waals surface area contributed by atoms with Gasteiger partial charge in [-0.3, -0.25) is 4.79 Å². The van der Waals surface area contributed by atoms with E-state index < -0.39 is 11.4 Å². The normalized spacial score (nSPS) is 43.5. The van der Waals surface area contributed by atoms with Crippen molar-refractivity contribution >= 4 is 5.97 Å². The molecular formula is C10H16O3. The molecule has 3 saturated carbocycles. The summed E-state index contributed by atoms with van der Waals surface area (Å²) in [7, 11) is 0. The molecule has 0 spiro atoms. The monoisotopic (exact) mass is 184 g/mol. The minimum absolute atomic E-state index is 0.177. The molecule has 3 heteroatoms. The zero-order chi connectivity index (χ0) is 9.47. The number of carboxylic acids is 1. The van der Waals surface area contributed by atoms with E-state index in [-0.39, 0.29) is 12.5 Å². The molecule has 2 bridgehead atoms. The molecule has 3 aliphatic rings. The minimum Gasteiger partial charge on any atom is -0.481 e. The van der Waals surface area contributed by atoms with E-state index in [1.807, 2.05) is 0 Å². The number of fused-ring (bicyclic) bond motifs is 3. The molecule has 0 aromatic heterocycles. The van der Waals surface area contributed by atoms with Gasteiger partial charge in [-0.2, -0.15) is 0 Å². The average Bonchev–Trinajstić information content (AvgIpc) is 2.19. The number of aliphatic hydroxyl groups excluding tert-OH is 1. The third-order valence-corrected chi connectivity index (χ3v) is 3.99. The van der Waals surface area contributed by atoms with Gasteiger partial charge in [0.2, 0.25) is 0 Å². The van der Waals surface area contributed by atoms with Crippen LogP contribution in [0.4, 0.5) is 0 Å². The Bertz CT molecular complexity index is 218. The van der Waals surface area contributed by atoms with Crippen LogP contribution in [0.1, 0.15) is 32.1 Å². The molecule has 13 heavy (non-hydrogen) atoms. The van der Waals surface area contributed by atoms with Gasteiger partial charge in [0, 0.05) is 0 Å². The van der Waals surface area contributed by atoms with Crippen molar-refractivity contribution in [2.75, 3.05) is 6.61 Å². The summed E-state index contributed by atoms with van der Waals surface area (Å²) in [5.41, 5.74) is -0.791. The highest BCUT2D eigenvalue weighted by Gasteiger charge is 2.52. The van der Waals surface area contributed by atoms with Crippen LogP contribution < -0.4 is 0 Å². The number of hydrogen-bond donors (Lipinski definition) is 2. The molecule has 2 N–H and O–H groups in total. The van der Waals surface area contributed by atoms with Crippen molar-refractivity contribution < 1.29 is 15.0 Å². The van der Waals surface area contributed by atoms with Gasteiger partial charge in [0.15, 0.2) is 0 Å². The molecule has 3 nitrogen and oxygen atoms in total. The predicted octanol–water partition coefficient (Wildman–Crippen LogP) is 1.26. The number of hydrogen-bond acceptors (Lipinski definition) is 2. The van der Waals surface area contributed by atoms with Gasteiger partial charge in [-0.1, -0.05) is 12.8 Å². The summed E-state index contributed by atoms with van der Waals surface area (Å²) in [6.45, 7) is -0.177. The van der Waals surface area contributed by atoms with Crippen LogP contribution in [0.3, 0.4) is 0 Å². The lowest BCUT2D eigenvalue weighted by molar-refractivity contribution is -0.165. The van der Waals surface area contributed by atoms with Crippen LogP contribution in [0, 0.1) is 17.3 Å². The fourth-order valence-electron chi connectivity index (χ4n) is 3.12. The summed E-state index contributed by atoms with van der Waals surface area (Å²) in [6.07, 6.45) is 5.03. The van der Waals surface area contributed by atoms with Crippen molar-refractivity contribution in [1.29, 1.82) is 0 Å². The summed E-state index contributed by atoms with van der Waals surface area (Å²) in [4.78, 5) is 11.1. The highest BCUT2D eigenvalue weighted by molar-refractivity contribution is 5.75. The third kappa shape index (κ3) is 1.17. The zero-order valence-corrected chi connectivity index (χ0v) is 7.70. The van der Waals surface area contributed by atoms with E-state index >= 15 is 0 Å². The number of aliphatic carboxylic acids is 1. The maximum absolute atomic E-state index is 11.1. The Morgan fingerprint density at radius 1 is 1.31 bits per heavy atom. The topological polar surface area (TPSA) is 57.5 Å². The van der Waals surface area contributed by atoms with E-state index in [0.29, 0.717) is 12.3 Å². The van der Waals surface area contributed by atoms with Crippen LogP contribution in [0.25, 0.3) is 0 Å². The largest absolute Gasteiger partial charge is 0.481 e. The molecule has 0 saturated heterocycles. The first kappa shape index (κ1) is 9.00. The van der Waals surface area contributed by atoms with Crippen molar-refractivity contribution in [2.45, 2.75) is 32.1 Å². The molecule has 3 rings (SSSR count). The third-order valence-electron chi connectivity index (χ3n) is 3.99. The number of carbonyl (C=O) groups is 1. The van der Waals surface area contributed by atoms with Gasteiger partial charge in [-0.15, -0.1) is 0 Å². The molecule has 0 aromatic carbocycles. The number of rotatable bonds is 2. The molecule has 0 heterocycles. The predicted molar refractivity (Wildman–Crippen MR) is 47.2 cm³/mol. The first-order chi connectivity index (χ1) is 6.19. The molecule has 0 aliphatic heterocycles. The number of aliphatic hydroxyl groups is 1. The average molecular weight is 184 g/mol. The van der Waals surface area contributed by atoms with E-state index in [1.165, 1.54) is 12.8 Å². The fourth-order valence-corrected chi connectivity index (χ4v) is 3.12. The second-order valence-electron chi connectivity index (χ2n) is 4.54. The lowest BCUT2D eigenvalue weighted by Gasteiger charge is -2.48. The lowest BCUT2D eigenvalue weighted by atomic mass is 9.56. The molecule has 0 radical (unpaired) electrons. The van der Waals surface area contributed by atoms with Gasteiger partial charge in [0.1, 0.15) is 0 Å². The van der Waals surface area contributed by atoms with E-state index in [1.54, 1.807) is 0 Å². The molecule has 74 valence electrons. The van der Waals surface area contributed by atoms with Gasteiger partial charge < -0.3 is 10.2 Å². The van der Waals surface area contributed by atoms with E-state index in [0.717, 1.165) is 12.8 Å². The molecule has 3 fully saturated rings. The Balaban J connectivity index is 2.25. The fraction of sp³-hybridized carbons (Fsp3) is 0.900. The molecule has 0 amide bonds. The van der Waals surface area contributed by atoms with Crippen LogP contribution in [0.5, 0.6) is 0 Å². The lowest BCUT2D eigenvalue weighted by Crippen LogP contribution is -2.49. The Morgan fingerprint density at radius 3 is 2.15 bits per heavy atom. The summed E-state index contributed by atoms with van der Waals surface area (Å²) in [5.74, 6) is -0.0161. The smallest absolute Gasteiger partial charge is 0.312 e. The first-order valence-electron chi connectivity index (χ1n) is 5.03. The van der Waals surface area contributed by atoms with Crippen LogP contribution >= 0.6 is 0 Å². The van der Waals surface area contributed by atoms with Crippen LogP contribution in [0.2, 0.25) is 0 Å². The van der Waals surface area contributed by atoms with Gasteiger partial charge in [0.25, 0.3) is 0 Å². The Hall–Kier alpha value is -0.570. The van der Waals surface area contributed by atoms with Crippen molar-refractivity contribution in [2.24, 2.45) is 17.3 Å².